The molecule has 19 heavy (non-hydrogen) atoms. The molecule has 5 nitrogen and oxygen atoms in total. The van der Waals surface area contributed by atoms with Crippen LogP contribution in [0.4, 0.5) is 11.4 Å². The minimum absolute atomic E-state index is 0.00444. The Balaban J connectivity index is 3.25. The molecule has 0 radical (unpaired) electrons. The van der Waals surface area contributed by atoms with E-state index in [0.29, 0.717) is 23.7 Å². The third-order valence-corrected chi connectivity index (χ3v) is 2.89. The number of nitrogens with zero attached hydrogens (tertiary/aromatic N) is 2. The molecule has 0 aliphatic rings. The van der Waals surface area contributed by atoms with Crippen molar-refractivity contribution in [2.45, 2.75) is 27.7 Å². The summed E-state index contributed by atoms with van der Waals surface area (Å²) in [6, 6.07) is 4.68. The Bertz CT molecular complexity index is 484. The number of carbonyl (C=O) groups excluding carboxylic acids is 1. The van der Waals surface area contributed by atoms with E-state index in [4.69, 9.17) is 0 Å². The fraction of sp³-hybridized carbons (Fsp3) is 0.500. The lowest BCUT2D eigenvalue weighted by molar-refractivity contribution is -0.384. The lowest BCUT2D eigenvalue weighted by Gasteiger charge is -2.24. The highest BCUT2D eigenvalue weighted by molar-refractivity contribution is 5.95. The molecular formula is C14H20N2O3. The summed E-state index contributed by atoms with van der Waals surface area (Å²) in [5.41, 5.74) is 0.942. The van der Waals surface area contributed by atoms with E-state index in [9.17, 15) is 14.9 Å². The van der Waals surface area contributed by atoms with E-state index in [-0.39, 0.29) is 11.5 Å². The molecule has 0 saturated carbocycles. The molecule has 104 valence electrons. The zero-order chi connectivity index (χ0) is 14.6. The van der Waals surface area contributed by atoms with Gasteiger partial charge in [0, 0.05) is 24.7 Å². The normalized spacial score (nSPS) is 10.6. The van der Waals surface area contributed by atoms with Gasteiger partial charge in [-0.2, -0.15) is 0 Å². The number of carbonyl (C=O) groups is 1. The first-order chi connectivity index (χ1) is 8.86. The summed E-state index contributed by atoms with van der Waals surface area (Å²) in [4.78, 5) is 24.0. The van der Waals surface area contributed by atoms with Crippen LogP contribution >= 0.6 is 0 Å². The first-order valence-electron chi connectivity index (χ1n) is 6.41. The van der Waals surface area contributed by atoms with E-state index in [0.717, 1.165) is 6.54 Å². The monoisotopic (exact) mass is 264 g/mol. The maximum atomic E-state index is 11.3. The number of hydrogen-bond acceptors (Lipinski definition) is 4. The molecule has 0 bridgehead atoms. The Hall–Kier alpha value is -1.91. The molecule has 0 aliphatic heterocycles. The van der Waals surface area contributed by atoms with Crippen LogP contribution in [0.1, 0.15) is 38.1 Å². The van der Waals surface area contributed by atoms with Crippen molar-refractivity contribution in [3.63, 3.8) is 0 Å². The van der Waals surface area contributed by atoms with Crippen molar-refractivity contribution in [3.05, 3.63) is 33.9 Å². The minimum atomic E-state index is -0.426. The van der Waals surface area contributed by atoms with E-state index in [1.54, 1.807) is 12.1 Å². The summed E-state index contributed by atoms with van der Waals surface area (Å²) in [6.45, 7) is 8.95. The second kappa shape index (κ2) is 6.31. The van der Waals surface area contributed by atoms with Gasteiger partial charge in [0.2, 0.25) is 0 Å². The minimum Gasteiger partial charge on any atom is -0.366 e. The van der Waals surface area contributed by atoms with Crippen LogP contribution in [-0.4, -0.2) is 23.8 Å². The molecule has 0 heterocycles. The average Bonchev–Trinajstić information content (AvgIpc) is 2.34. The molecule has 1 rings (SSSR count). The summed E-state index contributed by atoms with van der Waals surface area (Å²) in [6.07, 6.45) is 0. The third-order valence-electron chi connectivity index (χ3n) is 2.89. The molecule has 0 amide bonds. The van der Waals surface area contributed by atoms with E-state index in [1.165, 1.54) is 13.0 Å². The lowest BCUT2D eigenvalue weighted by Crippen LogP contribution is -2.27. The van der Waals surface area contributed by atoms with E-state index >= 15 is 0 Å². The van der Waals surface area contributed by atoms with Crippen LogP contribution in [0, 0.1) is 16.0 Å². The molecule has 0 aliphatic carbocycles. The van der Waals surface area contributed by atoms with Crippen molar-refractivity contribution in [2.75, 3.05) is 18.0 Å². The summed E-state index contributed by atoms with van der Waals surface area (Å²) < 4.78 is 0. The maximum Gasteiger partial charge on any atom is 0.293 e. The van der Waals surface area contributed by atoms with Gasteiger partial charge in [-0.25, -0.2) is 0 Å². The Kier molecular flexibility index (Phi) is 5.03. The number of ketones is 1. The number of rotatable bonds is 6. The molecule has 5 heteroatoms. The van der Waals surface area contributed by atoms with Crippen LogP contribution in [0.5, 0.6) is 0 Å². The predicted octanol–water partition coefficient (Wildman–Crippen LogP) is 3.28. The molecule has 0 aromatic heterocycles. The molecule has 0 unspecified atom stereocenters. The fourth-order valence-electron chi connectivity index (χ4n) is 1.99. The van der Waals surface area contributed by atoms with Gasteiger partial charge in [-0.3, -0.25) is 14.9 Å². The zero-order valence-electron chi connectivity index (χ0n) is 11.8. The van der Waals surface area contributed by atoms with Gasteiger partial charge in [0.15, 0.2) is 5.78 Å². The highest BCUT2D eigenvalue weighted by Gasteiger charge is 2.20. The number of hydrogen-bond donors (Lipinski definition) is 0. The van der Waals surface area contributed by atoms with Crippen LogP contribution in [0.25, 0.3) is 0 Å². The standard InChI is InChI=1S/C14H20N2O3/c1-5-15(9-10(2)3)13-7-6-12(11(4)17)8-14(13)16(18)19/h6-8,10H,5,9H2,1-4H3. The van der Waals surface area contributed by atoms with Crippen molar-refractivity contribution in [3.8, 4) is 0 Å². The number of nitro benzene ring substituents is 1. The highest BCUT2D eigenvalue weighted by Crippen LogP contribution is 2.29. The molecule has 0 N–H and O–H groups in total. The van der Waals surface area contributed by atoms with Gasteiger partial charge in [-0.1, -0.05) is 13.8 Å². The largest absolute Gasteiger partial charge is 0.366 e. The van der Waals surface area contributed by atoms with Gasteiger partial charge in [-0.15, -0.1) is 0 Å². The molecule has 1 aromatic carbocycles. The maximum absolute atomic E-state index is 11.3. The number of Topliss-reactive ketones (excluding diaryl/α,β-unsaturated/α-hetero) is 1. The second-order valence-corrected chi connectivity index (χ2v) is 4.95. The molecule has 0 fully saturated rings. The summed E-state index contributed by atoms with van der Waals surface area (Å²) >= 11 is 0. The molecule has 0 saturated heterocycles. The molecule has 0 spiro atoms. The Morgan fingerprint density at radius 2 is 2.05 bits per heavy atom. The first-order valence-corrected chi connectivity index (χ1v) is 6.41. The summed E-state index contributed by atoms with van der Waals surface area (Å²) in [7, 11) is 0. The Morgan fingerprint density at radius 1 is 1.42 bits per heavy atom. The fourth-order valence-corrected chi connectivity index (χ4v) is 1.99. The number of anilines is 1. The first kappa shape index (κ1) is 15.1. The summed E-state index contributed by atoms with van der Waals surface area (Å²) in [5, 5.41) is 11.2. The highest BCUT2D eigenvalue weighted by atomic mass is 16.6. The number of nitro groups is 1. The van der Waals surface area contributed by atoms with Gasteiger partial charge in [0.1, 0.15) is 5.69 Å². The van der Waals surface area contributed by atoms with Crippen molar-refractivity contribution < 1.29 is 9.72 Å². The second-order valence-electron chi connectivity index (χ2n) is 4.95. The quantitative estimate of drug-likeness (QED) is 0.449. The van der Waals surface area contributed by atoms with Crippen molar-refractivity contribution in [2.24, 2.45) is 5.92 Å². The van der Waals surface area contributed by atoms with E-state index in [2.05, 4.69) is 13.8 Å². The smallest absolute Gasteiger partial charge is 0.293 e. The van der Waals surface area contributed by atoms with Crippen molar-refractivity contribution in [1.29, 1.82) is 0 Å². The topological polar surface area (TPSA) is 63.5 Å². The molecular weight excluding hydrogens is 244 g/mol. The van der Waals surface area contributed by atoms with Gasteiger partial charge >= 0.3 is 0 Å². The Morgan fingerprint density at radius 3 is 2.47 bits per heavy atom. The van der Waals surface area contributed by atoms with Gasteiger partial charge in [0.25, 0.3) is 5.69 Å². The van der Waals surface area contributed by atoms with Crippen LogP contribution in [0.15, 0.2) is 18.2 Å². The van der Waals surface area contributed by atoms with Crippen LogP contribution in [0.2, 0.25) is 0 Å². The molecule has 0 atom stereocenters. The third kappa shape index (κ3) is 3.77. The van der Waals surface area contributed by atoms with Crippen molar-refractivity contribution in [1.82, 2.24) is 0 Å². The number of benzene rings is 1. The Labute approximate surface area is 113 Å². The van der Waals surface area contributed by atoms with Gasteiger partial charge in [-0.05, 0) is 31.9 Å². The van der Waals surface area contributed by atoms with Gasteiger partial charge in [0.05, 0.1) is 4.92 Å². The van der Waals surface area contributed by atoms with Crippen LogP contribution < -0.4 is 4.90 Å². The van der Waals surface area contributed by atoms with Crippen LogP contribution in [0.3, 0.4) is 0 Å². The predicted molar refractivity (Wildman–Crippen MR) is 75.8 cm³/mol. The lowest BCUT2D eigenvalue weighted by atomic mass is 10.1. The van der Waals surface area contributed by atoms with Crippen LogP contribution in [-0.2, 0) is 0 Å². The van der Waals surface area contributed by atoms with E-state index < -0.39 is 4.92 Å². The average molecular weight is 264 g/mol. The SMILES string of the molecule is CCN(CC(C)C)c1ccc(C(C)=O)cc1[N+](=O)[O-]. The summed E-state index contributed by atoms with van der Waals surface area (Å²) in [5.74, 6) is 0.244. The molecule has 1 aromatic rings. The van der Waals surface area contributed by atoms with Gasteiger partial charge < -0.3 is 4.90 Å². The van der Waals surface area contributed by atoms with Crippen molar-refractivity contribution >= 4 is 17.2 Å². The van der Waals surface area contributed by atoms with E-state index in [1.807, 2.05) is 11.8 Å². The zero-order valence-corrected chi connectivity index (χ0v) is 11.8.